The summed E-state index contributed by atoms with van der Waals surface area (Å²) in [5.41, 5.74) is 19.5. The molecule has 97 valence electrons. The topological polar surface area (TPSA) is 186 Å². The van der Waals surface area contributed by atoms with Gasteiger partial charge in [0.2, 0.25) is 0 Å². The van der Waals surface area contributed by atoms with Crippen molar-refractivity contribution in [3.8, 4) is 0 Å². The van der Waals surface area contributed by atoms with Crippen LogP contribution in [-0.2, 0) is 16.5 Å². The minimum Gasteiger partial charge on any atom is -0.584 e. The van der Waals surface area contributed by atoms with E-state index in [-0.39, 0.29) is 31.8 Å². The third kappa shape index (κ3) is 70.2. The maximum absolute atomic E-state index is 6.14. The molecule has 0 aliphatic heterocycles. The van der Waals surface area contributed by atoms with Crippen molar-refractivity contribution in [2.24, 2.45) is 17.2 Å². The Kier molecular flexibility index (Phi) is 30.7. The molecule has 0 heterocycles. The molecule has 0 saturated heterocycles. The average molecular weight is 329 g/mol. The first-order valence-electron chi connectivity index (χ1n) is 2.98. The first-order valence-corrected chi connectivity index (χ1v) is 4.20. The zero-order valence-electron chi connectivity index (χ0n) is 7.77. The fourth-order valence-electron chi connectivity index (χ4n) is 0. The van der Waals surface area contributed by atoms with Gasteiger partial charge in [-0.25, -0.2) is 0 Å². The molecule has 16 heavy (non-hydrogen) atoms. The number of nitrogens with one attached hydrogen (secondary N) is 6. The Labute approximate surface area is 119 Å². The van der Waals surface area contributed by atoms with Gasteiger partial charge in [0, 0.05) is 0 Å². The van der Waals surface area contributed by atoms with Gasteiger partial charge in [-0.1, -0.05) is 0 Å². The van der Waals surface area contributed by atoms with E-state index < -0.39 is 0 Å². The van der Waals surface area contributed by atoms with Crippen molar-refractivity contribution >= 4 is 52.0 Å². The van der Waals surface area contributed by atoms with Gasteiger partial charge >= 0.3 is 16.5 Å². The van der Waals surface area contributed by atoms with E-state index in [1.165, 1.54) is 0 Å². The van der Waals surface area contributed by atoms with Gasteiger partial charge in [0.15, 0.2) is 0 Å². The molecule has 0 aromatic rings. The van der Waals surface area contributed by atoms with E-state index in [2.05, 4.69) is 36.7 Å². The van der Waals surface area contributed by atoms with Crippen LogP contribution >= 0.6 is 36.7 Å². The molecule has 0 atom stereocenters. The van der Waals surface area contributed by atoms with Crippen molar-refractivity contribution < 1.29 is 16.5 Å². The summed E-state index contributed by atoms with van der Waals surface area (Å²) in [7, 11) is 0. The number of thiocarbonyl (C=S) groups is 3. The van der Waals surface area contributed by atoms with E-state index in [4.69, 9.17) is 34.7 Å². The van der Waals surface area contributed by atoms with Gasteiger partial charge in [-0.05, 0) is 36.7 Å². The number of rotatable bonds is 0. The molecule has 0 aromatic heterocycles. The molecular weight excluding hydrogens is 317 g/mol. The largest absolute Gasteiger partial charge is 3.00 e. The quantitative estimate of drug-likeness (QED) is 0.191. The fraction of sp³-hybridized carbons (Fsp3) is 0. The van der Waals surface area contributed by atoms with Crippen LogP contribution in [0.4, 0.5) is 0 Å². The second-order valence-electron chi connectivity index (χ2n) is 1.47. The maximum Gasteiger partial charge on any atom is 3.00 e. The molecule has 0 aromatic carbocycles. The van der Waals surface area contributed by atoms with Crippen LogP contribution in [-0.4, -0.2) is 15.3 Å². The van der Waals surface area contributed by atoms with E-state index in [0.717, 1.165) is 0 Å². The molecule has 1 radical (unpaired) electrons. The Bertz CT molecular complexity index is 165. The summed E-state index contributed by atoms with van der Waals surface area (Å²) < 4.78 is 0. The maximum atomic E-state index is 6.14. The Balaban J connectivity index is -0.0000000655. The van der Waals surface area contributed by atoms with Gasteiger partial charge in [-0.15, -0.1) is 0 Å². The summed E-state index contributed by atoms with van der Waals surface area (Å²) in [5.74, 6) is 18.4. The van der Waals surface area contributed by atoms with Crippen molar-refractivity contribution in [3.63, 3.8) is 0 Å². The third-order valence-corrected chi connectivity index (χ3v) is 0.676. The van der Waals surface area contributed by atoms with Gasteiger partial charge in [0.05, 0.1) is 0 Å². The molecule has 12 N–H and O–H groups in total. The van der Waals surface area contributed by atoms with Crippen LogP contribution in [0.1, 0.15) is 0 Å². The van der Waals surface area contributed by atoms with Crippen molar-refractivity contribution in [1.29, 1.82) is 0 Å². The van der Waals surface area contributed by atoms with E-state index in [9.17, 15) is 0 Å². The predicted molar refractivity (Wildman–Crippen MR) is 72.7 cm³/mol. The van der Waals surface area contributed by atoms with Crippen LogP contribution in [0.15, 0.2) is 0 Å². The standard InChI is InChI=1S/3CH4N3S.Ni/c3*2-1(5)4-3;/h3*3H,(H3,2,4,5);/q3*-1;+3. The normalized spacial score (nSPS) is 6.19. The number of nitrogens with two attached hydrogens (primary N) is 3. The zero-order chi connectivity index (χ0) is 12.9. The Morgan fingerprint density at radius 1 is 0.688 bits per heavy atom. The van der Waals surface area contributed by atoms with Crippen LogP contribution in [0.3, 0.4) is 0 Å². The van der Waals surface area contributed by atoms with Crippen LogP contribution in [0, 0.1) is 0 Å². The minimum atomic E-state index is 0. The second-order valence-corrected chi connectivity index (χ2v) is 2.79. The van der Waals surface area contributed by atoms with Crippen molar-refractivity contribution in [2.75, 3.05) is 0 Å². The minimum absolute atomic E-state index is 0. The molecule has 0 spiro atoms. The fourth-order valence-corrected chi connectivity index (χ4v) is 0. The van der Waals surface area contributed by atoms with Crippen LogP contribution in [0.2, 0.25) is 0 Å². The summed E-state index contributed by atoms with van der Waals surface area (Å²) in [4.78, 5) is 0. The number of hydrogen-bond acceptors (Lipinski definition) is 3. The Hall–Kier alpha value is -0.556. The molecule has 0 bridgehead atoms. The van der Waals surface area contributed by atoms with E-state index in [0.29, 0.717) is 0 Å². The molecule has 0 aliphatic carbocycles. The Morgan fingerprint density at radius 3 is 0.750 bits per heavy atom. The summed E-state index contributed by atoms with van der Waals surface area (Å²) in [6.07, 6.45) is 0. The molecule has 0 amide bonds. The number of hydrogen-bond donors (Lipinski definition) is 6. The molecule has 13 heteroatoms. The van der Waals surface area contributed by atoms with Crippen LogP contribution < -0.4 is 33.5 Å². The SMILES string of the molecule is [NH-]NC(N)=S.[NH-]NC(N)=S.[NH-]NC(N)=S.[Ni+3]. The summed E-state index contributed by atoms with van der Waals surface area (Å²) in [6, 6.07) is 0. The van der Waals surface area contributed by atoms with Crippen molar-refractivity contribution in [3.05, 3.63) is 17.5 Å². The van der Waals surface area contributed by atoms with Crippen molar-refractivity contribution in [2.45, 2.75) is 0 Å². The van der Waals surface area contributed by atoms with Gasteiger partial charge in [-0.2, -0.15) is 0 Å². The monoisotopic (exact) mass is 328 g/mol. The summed E-state index contributed by atoms with van der Waals surface area (Å²) in [5, 5.41) is 0.0139. The van der Waals surface area contributed by atoms with Gasteiger partial charge in [0.1, 0.15) is 15.3 Å². The first kappa shape index (κ1) is 24.6. The first-order chi connectivity index (χ1) is 6.81. The van der Waals surface area contributed by atoms with Gasteiger partial charge in [-0.3, -0.25) is 0 Å². The third-order valence-electron chi connectivity index (χ3n) is 0.370. The molecule has 0 fully saturated rings. The second kappa shape index (κ2) is 19.9. The van der Waals surface area contributed by atoms with Crippen molar-refractivity contribution in [1.82, 2.24) is 16.3 Å². The Morgan fingerprint density at radius 2 is 0.750 bits per heavy atom. The van der Waals surface area contributed by atoms with Crippen LogP contribution in [0.5, 0.6) is 0 Å². The summed E-state index contributed by atoms with van der Waals surface area (Å²) >= 11 is 12.5. The molecule has 0 saturated carbocycles. The van der Waals surface area contributed by atoms with Gasteiger partial charge < -0.3 is 51.0 Å². The van der Waals surface area contributed by atoms with E-state index in [1.807, 2.05) is 0 Å². The summed E-state index contributed by atoms with van der Waals surface area (Å²) in [6.45, 7) is 0. The average Bonchev–Trinajstić information content (AvgIpc) is 2.19. The molecule has 0 rings (SSSR count). The molecule has 9 nitrogen and oxygen atoms in total. The van der Waals surface area contributed by atoms with E-state index >= 15 is 0 Å². The molecule has 0 unspecified atom stereocenters. The zero-order valence-corrected chi connectivity index (χ0v) is 11.2. The van der Waals surface area contributed by atoms with E-state index in [1.54, 1.807) is 16.3 Å². The molecular formula is C3H12N9NiS3. The van der Waals surface area contributed by atoms with Crippen LogP contribution in [0.25, 0.3) is 17.5 Å². The smallest absolute Gasteiger partial charge is 0.584 e. The van der Waals surface area contributed by atoms with Gasteiger partial charge in [0.25, 0.3) is 0 Å². The molecule has 0 aliphatic rings. The predicted octanol–water partition coefficient (Wildman–Crippen LogP) is -0.642.